The van der Waals surface area contributed by atoms with Crippen LogP contribution in [0.1, 0.15) is 39.0 Å². The number of nitrogens with zero attached hydrogens (tertiary/aromatic N) is 1. The van der Waals surface area contributed by atoms with E-state index in [1.807, 2.05) is 11.8 Å². The maximum absolute atomic E-state index is 4.75. The SMILES string of the molecule is CC1(CN=C2NC3CCCC3CS2)CC1. The van der Waals surface area contributed by atoms with Crippen molar-refractivity contribution in [2.24, 2.45) is 16.3 Å². The Labute approximate surface area is 96.3 Å². The first-order valence-corrected chi connectivity index (χ1v) is 7.18. The van der Waals surface area contributed by atoms with Crippen molar-refractivity contribution < 1.29 is 0 Å². The summed E-state index contributed by atoms with van der Waals surface area (Å²) in [6.45, 7) is 3.39. The Morgan fingerprint density at radius 1 is 1.47 bits per heavy atom. The van der Waals surface area contributed by atoms with E-state index in [0.29, 0.717) is 5.41 Å². The summed E-state index contributed by atoms with van der Waals surface area (Å²) in [5, 5.41) is 4.86. The van der Waals surface area contributed by atoms with Crippen LogP contribution >= 0.6 is 11.8 Å². The number of nitrogens with one attached hydrogen (secondary N) is 1. The number of rotatable bonds is 2. The molecule has 3 heteroatoms. The topological polar surface area (TPSA) is 24.4 Å². The fourth-order valence-electron chi connectivity index (χ4n) is 2.54. The fraction of sp³-hybridized carbons (Fsp3) is 0.917. The zero-order chi connectivity index (χ0) is 10.3. The van der Waals surface area contributed by atoms with Crippen molar-refractivity contribution >= 4 is 16.9 Å². The Morgan fingerprint density at radius 2 is 2.33 bits per heavy atom. The first-order chi connectivity index (χ1) is 7.25. The van der Waals surface area contributed by atoms with Gasteiger partial charge in [-0.05, 0) is 37.0 Å². The van der Waals surface area contributed by atoms with Crippen LogP contribution in [-0.4, -0.2) is 23.5 Å². The standard InChI is InChI=1S/C12H20N2S/c1-12(5-6-12)8-13-11-14-10-4-2-3-9(10)7-15-11/h9-10H,2-8H2,1H3,(H,13,14). The molecule has 0 aromatic carbocycles. The maximum Gasteiger partial charge on any atom is 0.156 e. The molecule has 2 nitrogen and oxygen atoms in total. The molecule has 0 spiro atoms. The fourth-order valence-corrected chi connectivity index (χ4v) is 3.70. The van der Waals surface area contributed by atoms with Crippen LogP contribution in [0, 0.1) is 11.3 Å². The molecule has 1 saturated heterocycles. The van der Waals surface area contributed by atoms with Crippen LogP contribution < -0.4 is 5.32 Å². The average Bonchev–Trinajstić information content (AvgIpc) is 2.80. The van der Waals surface area contributed by atoms with Crippen LogP contribution in [0.25, 0.3) is 0 Å². The highest BCUT2D eigenvalue weighted by Gasteiger charge is 2.37. The highest BCUT2D eigenvalue weighted by Crippen LogP contribution is 2.45. The van der Waals surface area contributed by atoms with Crippen molar-refractivity contribution in [2.45, 2.75) is 45.1 Å². The third-order valence-electron chi connectivity index (χ3n) is 4.11. The molecule has 3 rings (SSSR count). The summed E-state index contributed by atoms with van der Waals surface area (Å²) in [7, 11) is 0. The zero-order valence-electron chi connectivity index (χ0n) is 9.46. The summed E-state index contributed by atoms with van der Waals surface area (Å²) in [5.74, 6) is 2.22. The second kappa shape index (κ2) is 3.69. The molecule has 2 atom stereocenters. The van der Waals surface area contributed by atoms with Crippen molar-refractivity contribution in [2.75, 3.05) is 12.3 Å². The molecule has 2 saturated carbocycles. The molecule has 0 radical (unpaired) electrons. The number of amidine groups is 1. The Kier molecular flexibility index (Phi) is 2.46. The van der Waals surface area contributed by atoms with E-state index in [4.69, 9.17) is 4.99 Å². The van der Waals surface area contributed by atoms with Crippen LogP contribution in [0.2, 0.25) is 0 Å². The van der Waals surface area contributed by atoms with Crippen LogP contribution in [0.3, 0.4) is 0 Å². The lowest BCUT2D eigenvalue weighted by Gasteiger charge is -2.28. The van der Waals surface area contributed by atoms with Gasteiger partial charge in [-0.1, -0.05) is 25.1 Å². The number of fused-ring (bicyclic) bond motifs is 1. The quantitative estimate of drug-likeness (QED) is 0.780. The third-order valence-corrected chi connectivity index (χ3v) is 5.23. The number of hydrogen-bond acceptors (Lipinski definition) is 2. The predicted octanol–water partition coefficient (Wildman–Crippen LogP) is 2.65. The van der Waals surface area contributed by atoms with Gasteiger partial charge in [0.15, 0.2) is 5.17 Å². The molecular formula is C12H20N2S. The molecule has 3 fully saturated rings. The van der Waals surface area contributed by atoms with Crippen LogP contribution in [0.15, 0.2) is 4.99 Å². The van der Waals surface area contributed by atoms with E-state index in [-0.39, 0.29) is 0 Å². The molecule has 0 aromatic heterocycles. The van der Waals surface area contributed by atoms with E-state index in [0.717, 1.165) is 18.5 Å². The van der Waals surface area contributed by atoms with E-state index < -0.39 is 0 Å². The number of aliphatic imine (C=N–C) groups is 1. The van der Waals surface area contributed by atoms with Gasteiger partial charge in [-0.25, -0.2) is 0 Å². The molecule has 1 heterocycles. The normalized spacial score (nSPS) is 39.9. The number of hydrogen-bond donors (Lipinski definition) is 1. The molecule has 84 valence electrons. The molecule has 3 aliphatic rings. The first kappa shape index (κ1) is 10.0. The molecule has 2 unspecified atom stereocenters. The van der Waals surface area contributed by atoms with E-state index in [9.17, 15) is 0 Å². The Balaban J connectivity index is 1.58. The van der Waals surface area contributed by atoms with Crippen molar-refractivity contribution in [1.82, 2.24) is 5.32 Å². The van der Waals surface area contributed by atoms with Crippen molar-refractivity contribution in [3.63, 3.8) is 0 Å². The summed E-state index contributed by atoms with van der Waals surface area (Å²) in [6.07, 6.45) is 6.95. The summed E-state index contributed by atoms with van der Waals surface area (Å²) < 4.78 is 0. The van der Waals surface area contributed by atoms with Gasteiger partial charge in [-0.2, -0.15) is 0 Å². The van der Waals surface area contributed by atoms with Gasteiger partial charge in [0.05, 0.1) is 0 Å². The van der Waals surface area contributed by atoms with Gasteiger partial charge in [0.1, 0.15) is 0 Å². The summed E-state index contributed by atoms with van der Waals surface area (Å²) in [6, 6.07) is 0.747. The molecule has 2 aliphatic carbocycles. The summed E-state index contributed by atoms with van der Waals surface area (Å²) >= 11 is 1.95. The lowest BCUT2D eigenvalue weighted by atomic mass is 10.1. The zero-order valence-corrected chi connectivity index (χ0v) is 10.3. The third kappa shape index (κ3) is 2.17. The predicted molar refractivity (Wildman–Crippen MR) is 66.4 cm³/mol. The van der Waals surface area contributed by atoms with Crippen LogP contribution in [0.5, 0.6) is 0 Å². The maximum atomic E-state index is 4.75. The van der Waals surface area contributed by atoms with Crippen molar-refractivity contribution in [3.05, 3.63) is 0 Å². The molecule has 1 N–H and O–H groups in total. The highest BCUT2D eigenvalue weighted by molar-refractivity contribution is 8.13. The van der Waals surface area contributed by atoms with Crippen LogP contribution in [-0.2, 0) is 0 Å². The molecule has 0 bridgehead atoms. The van der Waals surface area contributed by atoms with E-state index in [1.54, 1.807) is 0 Å². The Bertz CT molecular complexity index is 283. The Hall–Kier alpha value is -0.180. The largest absolute Gasteiger partial charge is 0.362 e. The van der Waals surface area contributed by atoms with E-state index in [2.05, 4.69) is 12.2 Å². The van der Waals surface area contributed by atoms with Gasteiger partial charge in [0, 0.05) is 18.3 Å². The van der Waals surface area contributed by atoms with Gasteiger partial charge in [0.2, 0.25) is 0 Å². The van der Waals surface area contributed by atoms with Gasteiger partial charge in [0.25, 0.3) is 0 Å². The van der Waals surface area contributed by atoms with E-state index >= 15 is 0 Å². The lowest BCUT2D eigenvalue weighted by molar-refractivity contribution is 0.488. The summed E-state index contributed by atoms with van der Waals surface area (Å²) in [4.78, 5) is 4.75. The van der Waals surface area contributed by atoms with E-state index in [1.165, 1.54) is 43.0 Å². The summed E-state index contributed by atoms with van der Waals surface area (Å²) in [5.41, 5.74) is 0.557. The smallest absolute Gasteiger partial charge is 0.156 e. The van der Waals surface area contributed by atoms with Gasteiger partial charge in [-0.3, -0.25) is 4.99 Å². The number of thioether (sulfide) groups is 1. The molecule has 15 heavy (non-hydrogen) atoms. The van der Waals surface area contributed by atoms with Crippen LogP contribution in [0.4, 0.5) is 0 Å². The van der Waals surface area contributed by atoms with Crippen molar-refractivity contribution in [1.29, 1.82) is 0 Å². The molecular weight excluding hydrogens is 204 g/mol. The Morgan fingerprint density at radius 3 is 3.13 bits per heavy atom. The minimum absolute atomic E-state index is 0.557. The molecule has 1 aliphatic heterocycles. The molecule has 0 amide bonds. The van der Waals surface area contributed by atoms with Crippen molar-refractivity contribution in [3.8, 4) is 0 Å². The average molecular weight is 224 g/mol. The lowest BCUT2D eigenvalue weighted by Crippen LogP contribution is -2.41. The second-order valence-electron chi connectivity index (χ2n) is 5.68. The second-order valence-corrected chi connectivity index (χ2v) is 6.69. The van der Waals surface area contributed by atoms with Gasteiger partial charge in [-0.15, -0.1) is 0 Å². The van der Waals surface area contributed by atoms with Gasteiger partial charge < -0.3 is 5.32 Å². The minimum atomic E-state index is 0.557. The molecule has 0 aromatic rings. The monoisotopic (exact) mass is 224 g/mol. The minimum Gasteiger partial charge on any atom is -0.362 e. The first-order valence-electron chi connectivity index (χ1n) is 6.19. The van der Waals surface area contributed by atoms with Gasteiger partial charge >= 0.3 is 0 Å². The highest BCUT2D eigenvalue weighted by atomic mass is 32.2.